The molecule has 138 valence electrons. The number of nitrogens with one attached hydrogen (secondary N) is 2. The summed E-state index contributed by atoms with van der Waals surface area (Å²) >= 11 is 5.62. The number of rotatable bonds is 5. The Morgan fingerprint density at radius 1 is 1.12 bits per heavy atom. The van der Waals surface area contributed by atoms with E-state index in [2.05, 4.69) is 52.8 Å². The van der Waals surface area contributed by atoms with E-state index in [4.69, 9.17) is 17.0 Å². The van der Waals surface area contributed by atoms with Gasteiger partial charge in [-0.1, -0.05) is 49.6 Å². The smallest absolute Gasteiger partial charge is 0.166 e. The standard InChI is InChI=1S/C20H31N3OS/c1-16(21-20(25)22-18-10-6-3-7-11-18)19(17-8-4-2-5-9-17)23-12-14-24-15-13-23/h2,4-5,8-9,16,18-19H,3,6-7,10-15H2,1H3,(H2,21,22,25)/t16-,19-/m1/s1. The van der Waals surface area contributed by atoms with E-state index < -0.39 is 0 Å². The maximum atomic E-state index is 5.62. The Bertz CT molecular complexity index is 527. The van der Waals surface area contributed by atoms with Gasteiger partial charge in [0.05, 0.1) is 19.3 Å². The maximum absolute atomic E-state index is 5.62. The molecule has 5 heteroatoms. The van der Waals surface area contributed by atoms with E-state index in [1.807, 2.05) is 0 Å². The molecule has 0 unspecified atom stereocenters. The number of hydrogen-bond donors (Lipinski definition) is 2. The van der Waals surface area contributed by atoms with Crippen LogP contribution >= 0.6 is 12.2 Å². The average molecular weight is 362 g/mol. The molecule has 1 heterocycles. The molecule has 2 fully saturated rings. The van der Waals surface area contributed by atoms with E-state index in [0.717, 1.165) is 31.4 Å². The number of benzene rings is 1. The first-order valence-electron chi connectivity index (χ1n) is 9.68. The first-order chi connectivity index (χ1) is 12.2. The molecule has 1 aliphatic heterocycles. The summed E-state index contributed by atoms with van der Waals surface area (Å²) in [4.78, 5) is 2.51. The molecule has 1 aliphatic carbocycles. The van der Waals surface area contributed by atoms with Gasteiger partial charge in [0.15, 0.2) is 5.11 Å². The van der Waals surface area contributed by atoms with Gasteiger partial charge in [-0.2, -0.15) is 0 Å². The molecular formula is C20H31N3OS. The second kappa shape index (κ2) is 9.51. The molecule has 0 aromatic heterocycles. The van der Waals surface area contributed by atoms with E-state index in [1.54, 1.807) is 0 Å². The number of nitrogens with zero attached hydrogens (tertiary/aromatic N) is 1. The zero-order chi connectivity index (χ0) is 17.5. The predicted molar refractivity (Wildman–Crippen MR) is 107 cm³/mol. The van der Waals surface area contributed by atoms with E-state index in [-0.39, 0.29) is 6.04 Å². The minimum absolute atomic E-state index is 0.240. The molecule has 3 rings (SSSR count). The third-order valence-corrected chi connectivity index (χ3v) is 5.59. The van der Waals surface area contributed by atoms with Gasteiger partial charge in [0.1, 0.15) is 0 Å². The monoisotopic (exact) mass is 361 g/mol. The highest BCUT2D eigenvalue weighted by molar-refractivity contribution is 7.80. The van der Waals surface area contributed by atoms with Crippen LogP contribution < -0.4 is 10.6 Å². The van der Waals surface area contributed by atoms with Crippen molar-refractivity contribution in [3.8, 4) is 0 Å². The van der Waals surface area contributed by atoms with Crippen molar-refractivity contribution in [2.75, 3.05) is 26.3 Å². The topological polar surface area (TPSA) is 36.5 Å². The lowest BCUT2D eigenvalue weighted by Gasteiger charge is -2.39. The van der Waals surface area contributed by atoms with Crippen molar-refractivity contribution in [1.82, 2.24) is 15.5 Å². The molecule has 25 heavy (non-hydrogen) atoms. The summed E-state index contributed by atoms with van der Waals surface area (Å²) in [6.45, 7) is 5.78. The van der Waals surface area contributed by atoms with E-state index in [1.165, 1.54) is 37.7 Å². The molecule has 0 spiro atoms. The number of hydrogen-bond acceptors (Lipinski definition) is 3. The van der Waals surface area contributed by atoms with Gasteiger partial charge in [0.2, 0.25) is 0 Å². The maximum Gasteiger partial charge on any atom is 0.166 e. The van der Waals surface area contributed by atoms with Crippen molar-refractivity contribution in [2.24, 2.45) is 0 Å². The van der Waals surface area contributed by atoms with Gasteiger partial charge in [-0.05, 0) is 37.5 Å². The Kier molecular flexibility index (Phi) is 7.08. The van der Waals surface area contributed by atoms with Crippen molar-refractivity contribution in [3.05, 3.63) is 35.9 Å². The van der Waals surface area contributed by atoms with E-state index >= 15 is 0 Å². The lowest BCUT2D eigenvalue weighted by molar-refractivity contribution is 0.0101. The van der Waals surface area contributed by atoms with Crippen LogP contribution in [0, 0.1) is 0 Å². The molecule has 2 N–H and O–H groups in total. The van der Waals surface area contributed by atoms with Gasteiger partial charge in [-0.3, -0.25) is 4.90 Å². The quantitative estimate of drug-likeness (QED) is 0.788. The Balaban J connectivity index is 1.63. The minimum Gasteiger partial charge on any atom is -0.379 e. The SMILES string of the molecule is C[C@@H](NC(=S)NC1CCCCC1)[C@H](c1ccccc1)N1CCOCC1. The predicted octanol–water partition coefficient (Wildman–Crippen LogP) is 3.25. The summed E-state index contributed by atoms with van der Waals surface area (Å²) < 4.78 is 5.55. The van der Waals surface area contributed by atoms with Gasteiger partial charge >= 0.3 is 0 Å². The van der Waals surface area contributed by atoms with Crippen LogP contribution in [0.3, 0.4) is 0 Å². The van der Waals surface area contributed by atoms with Gasteiger partial charge in [-0.25, -0.2) is 0 Å². The third kappa shape index (κ3) is 5.40. The van der Waals surface area contributed by atoms with Crippen molar-refractivity contribution >= 4 is 17.3 Å². The van der Waals surface area contributed by atoms with Crippen LogP contribution in [0.5, 0.6) is 0 Å². The van der Waals surface area contributed by atoms with Crippen LogP contribution in [-0.2, 0) is 4.74 Å². The second-order valence-electron chi connectivity index (χ2n) is 7.25. The van der Waals surface area contributed by atoms with Crippen molar-refractivity contribution in [3.63, 3.8) is 0 Å². The Morgan fingerprint density at radius 2 is 1.80 bits per heavy atom. The van der Waals surface area contributed by atoms with Crippen LogP contribution in [0.4, 0.5) is 0 Å². The van der Waals surface area contributed by atoms with Gasteiger partial charge in [0, 0.05) is 25.2 Å². The van der Waals surface area contributed by atoms with Crippen LogP contribution in [0.1, 0.15) is 50.6 Å². The number of morpholine rings is 1. The molecule has 2 aliphatic rings. The fraction of sp³-hybridized carbons (Fsp3) is 0.650. The summed E-state index contributed by atoms with van der Waals surface area (Å²) in [5, 5.41) is 7.90. The van der Waals surface area contributed by atoms with Crippen LogP contribution in [0.25, 0.3) is 0 Å². The second-order valence-corrected chi connectivity index (χ2v) is 7.65. The van der Waals surface area contributed by atoms with Crippen LogP contribution in [0.15, 0.2) is 30.3 Å². The summed E-state index contributed by atoms with van der Waals surface area (Å²) in [6.07, 6.45) is 6.47. The summed E-state index contributed by atoms with van der Waals surface area (Å²) in [6, 6.07) is 11.8. The van der Waals surface area contributed by atoms with Gasteiger partial charge < -0.3 is 15.4 Å². The summed E-state index contributed by atoms with van der Waals surface area (Å²) in [5.41, 5.74) is 1.34. The molecule has 1 aromatic rings. The molecule has 1 aromatic carbocycles. The fourth-order valence-electron chi connectivity index (χ4n) is 4.08. The molecule has 2 atom stereocenters. The molecule has 4 nitrogen and oxygen atoms in total. The Labute approximate surface area is 157 Å². The molecule has 0 amide bonds. The van der Waals surface area contributed by atoms with E-state index in [0.29, 0.717) is 12.1 Å². The highest BCUT2D eigenvalue weighted by atomic mass is 32.1. The van der Waals surface area contributed by atoms with Crippen molar-refractivity contribution in [1.29, 1.82) is 0 Å². The molecule has 0 bridgehead atoms. The number of ether oxygens (including phenoxy) is 1. The van der Waals surface area contributed by atoms with Gasteiger partial charge in [-0.15, -0.1) is 0 Å². The molecule has 0 radical (unpaired) electrons. The lowest BCUT2D eigenvalue weighted by Crippen LogP contribution is -2.52. The molecular weight excluding hydrogens is 330 g/mol. The normalized spacial score (nSPS) is 22.1. The average Bonchev–Trinajstić information content (AvgIpc) is 2.64. The Hall–Kier alpha value is -1.17. The Morgan fingerprint density at radius 3 is 2.48 bits per heavy atom. The number of thiocarbonyl (C=S) groups is 1. The fourth-order valence-corrected chi connectivity index (χ4v) is 4.43. The first-order valence-corrected chi connectivity index (χ1v) is 10.1. The highest BCUT2D eigenvalue weighted by Gasteiger charge is 2.28. The van der Waals surface area contributed by atoms with Crippen LogP contribution in [0.2, 0.25) is 0 Å². The van der Waals surface area contributed by atoms with Gasteiger partial charge in [0.25, 0.3) is 0 Å². The summed E-state index contributed by atoms with van der Waals surface area (Å²) in [7, 11) is 0. The lowest BCUT2D eigenvalue weighted by atomic mass is 9.95. The third-order valence-electron chi connectivity index (χ3n) is 5.35. The zero-order valence-electron chi connectivity index (χ0n) is 15.2. The molecule has 1 saturated heterocycles. The largest absolute Gasteiger partial charge is 0.379 e. The summed E-state index contributed by atoms with van der Waals surface area (Å²) in [5.74, 6) is 0. The zero-order valence-corrected chi connectivity index (χ0v) is 16.1. The minimum atomic E-state index is 0.240. The van der Waals surface area contributed by atoms with Crippen molar-refractivity contribution < 1.29 is 4.74 Å². The van der Waals surface area contributed by atoms with Crippen molar-refractivity contribution in [2.45, 2.75) is 57.2 Å². The molecule has 1 saturated carbocycles. The first kappa shape index (κ1) is 18.6. The highest BCUT2D eigenvalue weighted by Crippen LogP contribution is 2.25. The van der Waals surface area contributed by atoms with Crippen LogP contribution in [-0.4, -0.2) is 48.4 Å². The van der Waals surface area contributed by atoms with E-state index in [9.17, 15) is 0 Å².